The molecule has 1 aliphatic heterocycles. The van der Waals surface area contributed by atoms with Crippen molar-refractivity contribution in [3.63, 3.8) is 0 Å². The van der Waals surface area contributed by atoms with Gasteiger partial charge in [-0.25, -0.2) is 0 Å². The first kappa shape index (κ1) is 21.5. The van der Waals surface area contributed by atoms with E-state index in [1.165, 1.54) is 24.3 Å². The number of nitrogens with zero attached hydrogens (tertiary/aromatic N) is 1. The maximum atomic E-state index is 12.1. The SMILES string of the molecule is Cl.NC(=O)[C@H]1CCCN1c1ccc(C#Cc2ccc(OC(F)(F)F)cc2)cc1. The molecule has 4 nitrogen and oxygen atoms in total. The normalized spacial score (nSPS) is 16.0. The number of ether oxygens (including phenoxy) is 1. The van der Waals surface area contributed by atoms with Gasteiger partial charge in [-0.15, -0.1) is 25.6 Å². The number of carbonyl (C=O) groups excluding carboxylic acids is 1. The van der Waals surface area contributed by atoms with Crippen molar-refractivity contribution in [2.45, 2.75) is 25.2 Å². The van der Waals surface area contributed by atoms with Crippen LogP contribution in [0.2, 0.25) is 0 Å². The summed E-state index contributed by atoms with van der Waals surface area (Å²) in [6, 6.07) is 12.5. The smallest absolute Gasteiger partial charge is 0.406 e. The van der Waals surface area contributed by atoms with Gasteiger partial charge in [0.1, 0.15) is 11.8 Å². The number of primary amides is 1. The zero-order valence-electron chi connectivity index (χ0n) is 14.7. The second-order valence-corrected chi connectivity index (χ2v) is 6.12. The highest BCUT2D eigenvalue weighted by molar-refractivity contribution is 5.85. The first-order valence-corrected chi connectivity index (χ1v) is 8.36. The molecule has 2 aromatic carbocycles. The van der Waals surface area contributed by atoms with Crippen molar-refractivity contribution < 1.29 is 22.7 Å². The van der Waals surface area contributed by atoms with Crippen molar-refractivity contribution in [3.8, 4) is 17.6 Å². The highest BCUT2D eigenvalue weighted by atomic mass is 35.5. The van der Waals surface area contributed by atoms with Crippen molar-refractivity contribution >= 4 is 24.0 Å². The summed E-state index contributed by atoms with van der Waals surface area (Å²) in [5, 5.41) is 0. The molecule has 3 rings (SSSR count). The Morgan fingerprint density at radius 3 is 2.07 bits per heavy atom. The fourth-order valence-corrected chi connectivity index (χ4v) is 2.99. The molecule has 0 saturated carbocycles. The summed E-state index contributed by atoms with van der Waals surface area (Å²) in [5.41, 5.74) is 7.68. The molecule has 148 valence electrons. The lowest BCUT2D eigenvalue weighted by molar-refractivity contribution is -0.274. The molecule has 0 aliphatic carbocycles. The molecule has 2 aromatic rings. The van der Waals surface area contributed by atoms with Gasteiger partial charge < -0.3 is 15.4 Å². The molecule has 0 bridgehead atoms. The minimum atomic E-state index is -4.71. The zero-order chi connectivity index (χ0) is 19.4. The number of halogens is 4. The van der Waals surface area contributed by atoms with Crippen LogP contribution in [0, 0.1) is 11.8 Å². The van der Waals surface area contributed by atoms with E-state index in [1.807, 2.05) is 29.2 Å². The first-order valence-electron chi connectivity index (χ1n) is 8.36. The number of alkyl halides is 3. The summed E-state index contributed by atoms with van der Waals surface area (Å²) >= 11 is 0. The van der Waals surface area contributed by atoms with E-state index in [4.69, 9.17) is 5.73 Å². The van der Waals surface area contributed by atoms with Crippen LogP contribution in [0.3, 0.4) is 0 Å². The van der Waals surface area contributed by atoms with Crippen molar-refractivity contribution in [2.24, 2.45) is 5.73 Å². The maximum absolute atomic E-state index is 12.1. The van der Waals surface area contributed by atoms with Gasteiger partial charge in [-0.1, -0.05) is 11.8 Å². The summed E-state index contributed by atoms with van der Waals surface area (Å²) in [7, 11) is 0. The number of hydrogen-bond acceptors (Lipinski definition) is 3. The third kappa shape index (κ3) is 5.57. The molecular formula is C20H18ClF3N2O2. The van der Waals surface area contributed by atoms with E-state index in [-0.39, 0.29) is 30.1 Å². The predicted octanol–water partition coefficient (Wildman–Crippen LogP) is 3.86. The molecule has 0 radical (unpaired) electrons. The number of rotatable bonds is 3. The number of carbonyl (C=O) groups is 1. The lowest BCUT2D eigenvalue weighted by Crippen LogP contribution is -2.40. The quantitative estimate of drug-likeness (QED) is 0.782. The standard InChI is InChI=1S/C20H17F3N2O2.ClH/c21-20(22,23)27-17-11-7-15(8-12-17)4-3-14-5-9-16(10-6-14)25-13-1-2-18(25)19(24)26;/h5-12,18H,1-2,13H2,(H2,24,26);1H/t18-;/m1./s1. The van der Waals surface area contributed by atoms with E-state index in [2.05, 4.69) is 16.6 Å². The van der Waals surface area contributed by atoms with Crippen LogP contribution in [-0.4, -0.2) is 24.9 Å². The van der Waals surface area contributed by atoms with Gasteiger partial charge >= 0.3 is 6.36 Å². The van der Waals surface area contributed by atoms with Gasteiger partial charge in [0.15, 0.2) is 0 Å². The fourth-order valence-electron chi connectivity index (χ4n) is 2.99. The molecule has 0 aromatic heterocycles. The molecule has 1 heterocycles. The first-order chi connectivity index (χ1) is 12.8. The molecule has 1 amide bonds. The Bertz CT molecular complexity index is 872. The summed E-state index contributed by atoms with van der Waals surface area (Å²) in [6.45, 7) is 0.783. The Balaban J connectivity index is 0.00000280. The molecule has 0 spiro atoms. The highest BCUT2D eigenvalue weighted by Gasteiger charge is 2.31. The van der Waals surface area contributed by atoms with E-state index in [9.17, 15) is 18.0 Å². The summed E-state index contributed by atoms with van der Waals surface area (Å²) in [5.74, 6) is 5.24. The third-order valence-electron chi connectivity index (χ3n) is 4.22. The molecule has 0 unspecified atom stereocenters. The van der Waals surface area contributed by atoms with E-state index in [0.29, 0.717) is 5.56 Å². The Hall–Kier alpha value is -2.85. The molecule has 8 heteroatoms. The Kier molecular flexibility index (Phi) is 6.81. The van der Waals surface area contributed by atoms with Crippen molar-refractivity contribution in [3.05, 3.63) is 59.7 Å². The zero-order valence-corrected chi connectivity index (χ0v) is 15.5. The Morgan fingerprint density at radius 2 is 1.57 bits per heavy atom. The van der Waals surface area contributed by atoms with Crippen molar-refractivity contribution in [1.82, 2.24) is 0 Å². The maximum Gasteiger partial charge on any atom is 0.573 e. The third-order valence-corrected chi connectivity index (χ3v) is 4.22. The lowest BCUT2D eigenvalue weighted by atomic mass is 10.1. The van der Waals surface area contributed by atoms with E-state index in [0.717, 1.165) is 30.6 Å². The topological polar surface area (TPSA) is 55.6 Å². The van der Waals surface area contributed by atoms with Gasteiger partial charge in [0.25, 0.3) is 0 Å². The highest BCUT2D eigenvalue weighted by Crippen LogP contribution is 2.26. The molecule has 2 N–H and O–H groups in total. The average Bonchev–Trinajstić information content (AvgIpc) is 3.10. The van der Waals surface area contributed by atoms with Crippen LogP contribution < -0.4 is 15.4 Å². The molecule has 1 fully saturated rings. The average molecular weight is 411 g/mol. The lowest BCUT2D eigenvalue weighted by Gasteiger charge is -2.24. The molecule has 1 atom stereocenters. The van der Waals surface area contributed by atoms with Crippen LogP contribution in [0.15, 0.2) is 48.5 Å². The van der Waals surface area contributed by atoms with Gasteiger partial charge in [-0.2, -0.15) is 0 Å². The van der Waals surface area contributed by atoms with Gasteiger partial charge in [0.05, 0.1) is 0 Å². The second-order valence-electron chi connectivity index (χ2n) is 6.12. The molecule has 1 saturated heterocycles. The summed E-state index contributed by atoms with van der Waals surface area (Å²) in [6.07, 6.45) is -3.04. The molecule has 28 heavy (non-hydrogen) atoms. The van der Waals surface area contributed by atoms with Crippen LogP contribution in [0.25, 0.3) is 0 Å². The van der Waals surface area contributed by atoms with Crippen LogP contribution in [-0.2, 0) is 4.79 Å². The van der Waals surface area contributed by atoms with Crippen LogP contribution in [0.1, 0.15) is 24.0 Å². The van der Waals surface area contributed by atoms with E-state index >= 15 is 0 Å². The number of anilines is 1. The van der Waals surface area contributed by atoms with Gasteiger partial charge in [-0.05, 0) is 61.4 Å². The largest absolute Gasteiger partial charge is 0.573 e. The number of amides is 1. The minimum Gasteiger partial charge on any atom is -0.406 e. The fraction of sp³-hybridized carbons (Fsp3) is 0.250. The number of benzene rings is 2. The van der Waals surface area contributed by atoms with Gasteiger partial charge in [-0.3, -0.25) is 4.79 Å². The summed E-state index contributed by atoms with van der Waals surface area (Å²) < 4.78 is 40.3. The number of nitrogens with two attached hydrogens (primary N) is 1. The Morgan fingerprint density at radius 1 is 1.04 bits per heavy atom. The minimum absolute atomic E-state index is 0. The van der Waals surface area contributed by atoms with Crippen molar-refractivity contribution in [2.75, 3.05) is 11.4 Å². The second kappa shape index (κ2) is 8.89. The summed E-state index contributed by atoms with van der Waals surface area (Å²) in [4.78, 5) is 13.5. The Labute approximate surface area is 166 Å². The van der Waals surface area contributed by atoms with E-state index in [1.54, 1.807) is 0 Å². The van der Waals surface area contributed by atoms with Gasteiger partial charge in [0.2, 0.25) is 5.91 Å². The van der Waals surface area contributed by atoms with E-state index < -0.39 is 6.36 Å². The number of hydrogen-bond donors (Lipinski definition) is 1. The van der Waals surface area contributed by atoms with Crippen LogP contribution >= 0.6 is 12.4 Å². The van der Waals surface area contributed by atoms with Gasteiger partial charge in [0, 0.05) is 23.4 Å². The molecular weight excluding hydrogens is 393 g/mol. The molecule has 1 aliphatic rings. The predicted molar refractivity (Wildman–Crippen MR) is 102 cm³/mol. The monoisotopic (exact) mass is 410 g/mol. The van der Waals surface area contributed by atoms with Crippen LogP contribution in [0.5, 0.6) is 5.75 Å². The van der Waals surface area contributed by atoms with Crippen LogP contribution in [0.4, 0.5) is 18.9 Å². The van der Waals surface area contributed by atoms with Crippen molar-refractivity contribution in [1.29, 1.82) is 0 Å².